The molecule has 71 heavy (non-hydrogen) atoms. The summed E-state index contributed by atoms with van der Waals surface area (Å²) < 4.78 is 11.4. The van der Waals surface area contributed by atoms with Crippen LogP contribution >= 0.6 is 0 Å². The van der Waals surface area contributed by atoms with Gasteiger partial charge in [-0.15, -0.1) is 0 Å². The summed E-state index contributed by atoms with van der Waals surface area (Å²) in [6.07, 6.45) is 0. The first-order chi connectivity index (χ1) is 35.2. The number of fused-ring (bicyclic) bond motifs is 15. The van der Waals surface area contributed by atoms with Crippen LogP contribution in [0.2, 0.25) is 0 Å². The molecule has 5 aromatic heterocycles. The summed E-state index contributed by atoms with van der Waals surface area (Å²) in [5, 5.41) is 13.0. The quantitative estimate of drug-likeness (QED) is 0.173. The van der Waals surface area contributed by atoms with E-state index in [-0.39, 0.29) is 0 Å². The number of para-hydroxylation sites is 3. The summed E-state index contributed by atoms with van der Waals surface area (Å²) >= 11 is 0. The van der Waals surface area contributed by atoms with Crippen LogP contribution in [0.5, 0.6) is 0 Å². The van der Waals surface area contributed by atoms with Crippen LogP contribution in [0.25, 0.3) is 154 Å². The van der Waals surface area contributed by atoms with Crippen molar-refractivity contribution in [3.63, 3.8) is 0 Å². The van der Waals surface area contributed by atoms with Crippen molar-refractivity contribution in [3.05, 3.63) is 231 Å². The van der Waals surface area contributed by atoms with Crippen molar-refractivity contribution in [2.75, 3.05) is 0 Å². The summed E-state index contributed by atoms with van der Waals surface area (Å²) in [5.41, 5.74) is 17.3. The first-order valence-corrected chi connectivity index (χ1v) is 24.2. The van der Waals surface area contributed by atoms with Crippen LogP contribution in [-0.4, -0.2) is 18.9 Å². The molecule has 0 bridgehead atoms. The number of rotatable bonds is 5. The molecule has 0 atom stereocenters. The van der Waals surface area contributed by atoms with Crippen molar-refractivity contribution < 1.29 is 4.42 Å². The van der Waals surface area contributed by atoms with Gasteiger partial charge in [0.25, 0.3) is 0 Å². The monoisotopic (exact) mass is 902 g/mol. The SMILES string of the molecule is c1ccc(-c2ccc(-c3nc(-n4c5ccc(-c6cccc7oc8ccc(-c9cc%10c%11ccccc%11n%11c%12ccccc%12c(c9)c%10%11)cc8c67)cc5c5c6ccccc6ccc54)nc4ccccc34)cc2)cc1. The molecule has 16 aromatic rings. The molecular weight excluding hydrogens is 865 g/mol. The van der Waals surface area contributed by atoms with Gasteiger partial charge < -0.3 is 8.82 Å². The van der Waals surface area contributed by atoms with E-state index in [2.05, 4.69) is 239 Å². The van der Waals surface area contributed by atoms with E-state index in [0.29, 0.717) is 5.95 Å². The normalized spacial score (nSPS) is 12.2. The molecule has 5 heterocycles. The molecule has 0 spiro atoms. The zero-order valence-corrected chi connectivity index (χ0v) is 38.1. The fourth-order valence-corrected chi connectivity index (χ4v) is 11.9. The van der Waals surface area contributed by atoms with Gasteiger partial charge in [0.15, 0.2) is 0 Å². The van der Waals surface area contributed by atoms with E-state index >= 15 is 0 Å². The highest BCUT2D eigenvalue weighted by molar-refractivity contribution is 6.25. The lowest BCUT2D eigenvalue weighted by atomic mass is 9.95. The van der Waals surface area contributed by atoms with E-state index in [1.54, 1.807) is 0 Å². The van der Waals surface area contributed by atoms with Crippen LogP contribution in [-0.2, 0) is 0 Å². The molecule has 11 aromatic carbocycles. The number of benzene rings is 11. The van der Waals surface area contributed by atoms with Gasteiger partial charge in [0.1, 0.15) is 11.2 Å². The van der Waals surface area contributed by atoms with Gasteiger partial charge in [-0.05, 0) is 111 Å². The maximum atomic E-state index is 6.69. The molecule has 16 rings (SSSR count). The molecule has 0 saturated carbocycles. The van der Waals surface area contributed by atoms with E-state index < -0.39 is 0 Å². The van der Waals surface area contributed by atoms with Gasteiger partial charge in [0, 0.05) is 54.0 Å². The number of hydrogen-bond acceptors (Lipinski definition) is 3. The Labute approximate surface area is 406 Å². The number of furan rings is 1. The highest BCUT2D eigenvalue weighted by atomic mass is 16.3. The third kappa shape index (κ3) is 5.51. The lowest BCUT2D eigenvalue weighted by Crippen LogP contribution is -2.03. The minimum Gasteiger partial charge on any atom is -0.456 e. The minimum atomic E-state index is 0.633. The lowest BCUT2D eigenvalue weighted by Gasteiger charge is -2.12. The van der Waals surface area contributed by atoms with E-state index in [4.69, 9.17) is 14.4 Å². The third-order valence-electron chi connectivity index (χ3n) is 15.1. The molecule has 0 amide bonds. The summed E-state index contributed by atoms with van der Waals surface area (Å²) in [7, 11) is 0. The molecule has 0 N–H and O–H groups in total. The largest absolute Gasteiger partial charge is 0.456 e. The zero-order chi connectivity index (χ0) is 46.3. The van der Waals surface area contributed by atoms with Gasteiger partial charge in [-0.3, -0.25) is 4.57 Å². The van der Waals surface area contributed by atoms with Crippen molar-refractivity contribution in [1.82, 2.24) is 18.9 Å². The van der Waals surface area contributed by atoms with Gasteiger partial charge in [-0.1, -0.05) is 164 Å². The molecule has 0 aliphatic rings. The van der Waals surface area contributed by atoms with Crippen molar-refractivity contribution in [2.45, 2.75) is 0 Å². The molecule has 5 nitrogen and oxygen atoms in total. The molecule has 0 radical (unpaired) electrons. The van der Waals surface area contributed by atoms with E-state index in [0.717, 1.165) is 77.2 Å². The second-order valence-corrected chi connectivity index (χ2v) is 18.9. The lowest BCUT2D eigenvalue weighted by molar-refractivity contribution is 0.669. The Kier molecular flexibility index (Phi) is 7.82. The smallest absolute Gasteiger partial charge is 0.235 e. The first kappa shape index (κ1) is 38.4. The number of aromatic nitrogens is 4. The Hall–Kier alpha value is -9.58. The standard InChI is InChI=1S/C66H38N4O/c1-2-13-39(14-3-1)40-25-27-42(28-26-40)64-50-19-6-9-21-55(50)67-66(68-64)70-58-32-30-44(36-53(58)62-46-16-5-4-15-41(46)29-33-59(62)70)47-20-12-24-61-63(47)54-35-43(31-34-60(54)71-61)45-37-51-48-17-7-10-22-56(48)69-57-23-11-8-18-49(57)52(38-45)65(51)69/h1-38H. The highest BCUT2D eigenvalue weighted by Gasteiger charge is 2.23. The van der Waals surface area contributed by atoms with Crippen molar-refractivity contribution in [1.29, 1.82) is 0 Å². The second kappa shape index (κ2) is 14.5. The van der Waals surface area contributed by atoms with Crippen LogP contribution in [0.4, 0.5) is 0 Å². The average Bonchev–Trinajstić information content (AvgIpc) is 4.19. The molecule has 328 valence electrons. The Morgan fingerprint density at radius 1 is 0.324 bits per heavy atom. The number of nitrogens with zero attached hydrogens (tertiary/aromatic N) is 4. The molecule has 5 heteroatoms. The number of hydrogen-bond donors (Lipinski definition) is 0. The Balaban J connectivity index is 0.893. The van der Waals surface area contributed by atoms with Crippen LogP contribution in [0.1, 0.15) is 0 Å². The fraction of sp³-hybridized carbons (Fsp3) is 0. The second-order valence-electron chi connectivity index (χ2n) is 18.9. The van der Waals surface area contributed by atoms with E-state index in [9.17, 15) is 0 Å². The van der Waals surface area contributed by atoms with Crippen molar-refractivity contribution >= 4 is 104 Å². The average molecular weight is 903 g/mol. The highest BCUT2D eigenvalue weighted by Crippen LogP contribution is 2.45. The summed E-state index contributed by atoms with van der Waals surface area (Å²) in [4.78, 5) is 10.8. The van der Waals surface area contributed by atoms with Crippen molar-refractivity contribution in [3.8, 4) is 50.6 Å². The van der Waals surface area contributed by atoms with Gasteiger partial charge in [0.05, 0.1) is 38.8 Å². The van der Waals surface area contributed by atoms with Crippen LogP contribution < -0.4 is 0 Å². The Bertz CT molecular complexity index is 4780. The molecule has 0 saturated heterocycles. The maximum Gasteiger partial charge on any atom is 0.235 e. The third-order valence-corrected chi connectivity index (χ3v) is 15.1. The Morgan fingerprint density at radius 3 is 1.75 bits per heavy atom. The molecular formula is C66H38N4O. The topological polar surface area (TPSA) is 48.3 Å². The van der Waals surface area contributed by atoms with Crippen molar-refractivity contribution in [2.24, 2.45) is 0 Å². The van der Waals surface area contributed by atoms with Gasteiger partial charge >= 0.3 is 0 Å². The van der Waals surface area contributed by atoms with Gasteiger partial charge in [0.2, 0.25) is 5.95 Å². The molecule has 0 unspecified atom stereocenters. The summed E-state index contributed by atoms with van der Waals surface area (Å²) in [6.45, 7) is 0. The summed E-state index contributed by atoms with van der Waals surface area (Å²) in [6, 6.07) is 83.1. The molecule has 0 fully saturated rings. The van der Waals surface area contributed by atoms with Gasteiger partial charge in [-0.25, -0.2) is 9.97 Å². The zero-order valence-electron chi connectivity index (χ0n) is 38.1. The minimum absolute atomic E-state index is 0.633. The maximum absolute atomic E-state index is 6.69. The van der Waals surface area contributed by atoms with Crippen LogP contribution in [0.15, 0.2) is 235 Å². The first-order valence-electron chi connectivity index (χ1n) is 24.2. The van der Waals surface area contributed by atoms with E-state index in [1.807, 2.05) is 0 Å². The van der Waals surface area contributed by atoms with E-state index in [1.165, 1.54) is 70.9 Å². The summed E-state index contributed by atoms with van der Waals surface area (Å²) in [5.74, 6) is 0.633. The fourth-order valence-electron chi connectivity index (χ4n) is 11.9. The molecule has 0 aliphatic carbocycles. The van der Waals surface area contributed by atoms with Gasteiger partial charge in [-0.2, -0.15) is 0 Å². The predicted octanol–water partition coefficient (Wildman–Crippen LogP) is 17.6. The molecule has 0 aliphatic heterocycles. The van der Waals surface area contributed by atoms with Crippen LogP contribution in [0, 0.1) is 0 Å². The predicted molar refractivity (Wildman–Crippen MR) is 295 cm³/mol. The Morgan fingerprint density at radius 2 is 0.944 bits per heavy atom. The van der Waals surface area contributed by atoms with Crippen LogP contribution in [0.3, 0.4) is 0 Å².